The van der Waals surface area contributed by atoms with Crippen molar-refractivity contribution in [2.24, 2.45) is 18.9 Å². The number of pyridine rings is 1. The molecule has 40 heavy (non-hydrogen) atoms. The highest BCUT2D eigenvalue weighted by molar-refractivity contribution is 6.10. The van der Waals surface area contributed by atoms with Gasteiger partial charge in [-0.1, -0.05) is 26.0 Å². The summed E-state index contributed by atoms with van der Waals surface area (Å²) in [7, 11) is 1.99. The second-order valence-electron chi connectivity index (χ2n) is 12.7. The van der Waals surface area contributed by atoms with E-state index in [1.807, 2.05) is 34.7 Å². The number of anilines is 1. The molecule has 4 heterocycles. The molecule has 7 nitrogen and oxygen atoms in total. The monoisotopic (exact) mass is 546 g/mol. The zero-order chi connectivity index (χ0) is 27.8. The summed E-state index contributed by atoms with van der Waals surface area (Å²) in [6, 6.07) is 10.3. The molecule has 4 aliphatic rings. The van der Waals surface area contributed by atoms with Gasteiger partial charge in [-0.3, -0.25) is 14.7 Å². The first-order chi connectivity index (χ1) is 19.1. The molecule has 2 aliphatic carbocycles. The summed E-state index contributed by atoms with van der Waals surface area (Å²) in [5.41, 5.74) is 5.43. The zero-order valence-corrected chi connectivity index (χ0v) is 23.4. The van der Waals surface area contributed by atoms with Crippen LogP contribution in [0.3, 0.4) is 0 Å². The standard InChI is InChI=1S/C31H36F2N6O/c1-19-13-30(14-19,29-36-34-18-37(29)3)22-5-4-6-24(11-22)39-17-26-25(28(39)40)12-23(35-27(26)21-7-8-21)16-38-10-9-31(32,33)20(2)15-38/h4-6,11-12,18-21H,7-10,13-17H2,1-3H3/t19-,20-,30+/m1/s1. The number of likely N-dealkylation sites (tertiary alicyclic amines) is 1. The van der Waals surface area contributed by atoms with E-state index in [9.17, 15) is 13.6 Å². The lowest BCUT2D eigenvalue weighted by Crippen LogP contribution is -2.45. The van der Waals surface area contributed by atoms with Gasteiger partial charge in [-0.15, -0.1) is 10.2 Å². The molecule has 2 aliphatic heterocycles. The molecule has 1 aromatic carbocycles. The molecule has 2 saturated carbocycles. The second kappa shape index (κ2) is 9.16. The van der Waals surface area contributed by atoms with Crippen molar-refractivity contribution in [1.29, 1.82) is 0 Å². The van der Waals surface area contributed by atoms with Crippen LogP contribution in [-0.4, -0.2) is 49.6 Å². The number of aryl methyl sites for hydroxylation is 1. The van der Waals surface area contributed by atoms with Crippen LogP contribution in [0.4, 0.5) is 14.5 Å². The number of fused-ring (bicyclic) bond motifs is 1. The number of hydrogen-bond acceptors (Lipinski definition) is 5. The summed E-state index contributed by atoms with van der Waals surface area (Å²) in [6.45, 7) is 5.56. The number of carbonyl (C=O) groups excluding carboxylic acids is 1. The van der Waals surface area contributed by atoms with Crippen LogP contribution in [-0.2, 0) is 25.6 Å². The molecule has 1 atom stereocenters. The van der Waals surface area contributed by atoms with Crippen molar-refractivity contribution in [3.05, 3.63) is 70.6 Å². The van der Waals surface area contributed by atoms with Crippen LogP contribution in [0.2, 0.25) is 0 Å². The molecule has 210 valence electrons. The number of hydrogen-bond donors (Lipinski definition) is 0. The highest BCUT2D eigenvalue weighted by Crippen LogP contribution is 2.52. The Balaban J connectivity index is 1.19. The lowest BCUT2D eigenvalue weighted by atomic mass is 9.58. The van der Waals surface area contributed by atoms with E-state index in [1.165, 1.54) is 5.56 Å². The minimum absolute atomic E-state index is 0.00840. The Bertz CT molecular complexity index is 1470. The molecular formula is C31H36F2N6O. The summed E-state index contributed by atoms with van der Waals surface area (Å²) in [5.74, 6) is -1.37. The summed E-state index contributed by atoms with van der Waals surface area (Å²) in [5, 5.41) is 8.64. The van der Waals surface area contributed by atoms with Crippen LogP contribution in [0.1, 0.15) is 90.6 Å². The van der Waals surface area contributed by atoms with Crippen LogP contribution >= 0.6 is 0 Å². The topological polar surface area (TPSA) is 67.2 Å². The van der Waals surface area contributed by atoms with E-state index >= 15 is 0 Å². The maximum Gasteiger partial charge on any atom is 0.259 e. The molecule has 0 spiro atoms. The minimum Gasteiger partial charge on any atom is -0.320 e. The van der Waals surface area contributed by atoms with Crippen molar-refractivity contribution >= 4 is 11.6 Å². The number of rotatable bonds is 6. The lowest BCUT2D eigenvalue weighted by Gasteiger charge is -2.46. The number of aromatic nitrogens is 4. The molecule has 1 saturated heterocycles. The smallest absolute Gasteiger partial charge is 0.259 e. The fourth-order valence-electron chi connectivity index (χ4n) is 7.27. The van der Waals surface area contributed by atoms with Gasteiger partial charge in [-0.25, -0.2) is 8.78 Å². The molecular weight excluding hydrogens is 510 g/mol. The number of halogens is 2. The Morgan fingerprint density at radius 3 is 2.60 bits per heavy atom. The van der Waals surface area contributed by atoms with Gasteiger partial charge in [-0.2, -0.15) is 0 Å². The van der Waals surface area contributed by atoms with Crippen molar-refractivity contribution in [2.45, 2.75) is 76.3 Å². The summed E-state index contributed by atoms with van der Waals surface area (Å²) < 4.78 is 30.1. The molecule has 2 aromatic heterocycles. The van der Waals surface area contributed by atoms with Crippen molar-refractivity contribution in [2.75, 3.05) is 18.0 Å². The number of amides is 1. The molecule has 1 amide bonds. The lowest BCUT2D eigenvalue weighted by molar-refractivity contribution is -0.100. The first-order valence-corrected chi connectivity index (χ1v) is 14.5. The number of carbonyl (C=O) groups is 1. The Labute approximate surface area is 233 Å². The van der Waals surface area contributed by atoms with Gasteiger partial charge >= 0.3 is 0 Å². The molecule has 7 rings (SSSR count). The SMILES string of the molecule is C[C@@H]1CN(Cc2cc3c(c(C4CC4)n2)CN(c2cccc([C@]4(c5nncn5C)C[C@@H](C)C4)c2)C3=O)CCC1(F)F. The molecule has 0 radical (unpaired) electrons. The highest BCUT2D eigenvalue weighted by Gasteiger charge is 2.48. The predicted molar refractivity (Wildman–Crippen MR) is 147 cm³/mol. The maximum absolute atomic E-state index is 14.1. The number of piperidine rings is 1. The first-order valence-electron chi connectivity index (χ1n) is 14.5. The first kappa shape index (κ1) is 25.7. The molecule has 0 unspecified atom stereocenters. The fourth-order valence-corrected chi connectivity index (χ4v) is 7.27. The Morgan fingerprint density at radius 2 is 1.93 bits per heavy atom. The normalized spacial score (nSPS) is 28.0. The fraction of sp³-hybridized carbons (Fsp3) is 0.548. The van der Waals surface area contributed by atoms with E-state index in [-0.39, 0.29) is 17.7 Å². The van der Waals surface area contributed by atoms with Crippen LogP contribution in [0, 0.1) is 11.8 Å². The largest absolute Gasteiger partial charge is 0.320 e. The van der Waals surface area contributed by atoms with E-state index in [0.29, 0.717) is 43.6 Å². The van der Waals surface area contributed by atoms with Crippen LogP contribution in [0.25, 0.3) is 0 Å². The van der Waals surface area contributed by atoms with Gasteiger partial charge < -0.3 is 9.47 Å². The van der Waals surface area contributed by atoms with Gasteiger partial charge in [0.05, 0.1) is 17.7 Å². The zero-order valence-electron chi connectivity index (χ0n) is 23.4. The average Bonchev–Trinajstić information content (AvgIpc) is 3.59. The van der Waals surface area contributed by atoms with E-state index in [4.69, 9.17) is 4.98 Å². The average molecular weight is 547 g/mol. The number of nitrogens with zero attached hydrogens (tertiary/aromatic N) is 6. The van der Waals surface area contributed by atoms with Crippen molar-refractivity contribution in [3.8, 4) is 0 Å². The summed E-state index contributed by atoms with van der Waals surface area (Å²) in [6.07, 6.45) is 5.78. The van der Waals surface area contributed by atoms with E-state index < -0.39 is 11.8 Å². The maximum atomic E-state index is 14.1. The molecule has 0 bridgehead atoms. The Morgan fingerprint density at radius 1 is 1.12 bits per heavy atom. The van der Waals surface area contributed by atoms with E-state index in [0.717, 1.165) is 54.1 Å². The molecule has 3 fully saturated rings. The van der Waals surface area contributed by atoms with Crippen LogP contribution in [0.15, 0.2) is 36.7 Å². The van der Waals surface area contributed by atoms with Gasteiger partial charge in [0, 0.05) is 67.4 Å². The van der Waals surface area contributed by atoms with Crippen LogP contribution < -0.4 is 4.90 Å². The third-order valence-electron chi connectivity index (χ3n) is 9.61. The molecule has 9 heteroatoms. The highest BCUT2D eigenvalue weighted by atomic mass is 19.3. The number of benzene rings is 1. The predicted octanol–water partition coefficient (Wildman–Crippen LogP) is 5.44. The van der Waals surface area contributed by atoms with E-state index in [2.05, 4.69) is 34.2 Å². The molecule has 0 N–H and O–H groups in total. The minimum atomic E-state index is -2.62. The van der Waals surface area contributed by atoms with Gasteiger partial charge in [0.1, 0.15) is 12.2 Å². The van der Waals surface area contributed by atoms with Gasteiger partial charge in [0.2, 0.25) is 0 Å². The number of alkyl halides is 2. The van der Waals surface area contributed by atoms with Gasteiger partial charge in [0.25, 0.3) is 11.8 Å². The Kier molecular flexibility index (Phi) is 5.90. The third-order valence-corrected chi connectivity index (χ3v) is 9.61. The van der Waals surface area contributed by atoms with Crippen molar-refractivity contribution < 1.29 is 13.6 Å². The third kappa shape index (κ3) is 4.16. The Hall–Kier alpha value is -3.20. The van der Waals surface area contributed by atoms with E-state index in [1.54, 1.807) is 13.3 Å². The van der Waals surface area contributed by atoms with Crippen LogP contribution in [0.5, 0.6) is 0 Å². The van der Waals surface area contributed by atoms with Crippen molar-refractivity contribution in [1.82, 2.24) is 24.6 Å². The second-order valence-corrected chi connectivity index (χ2v) is 12.7. The van der Waals surface area contributed by atoms with Gasteiger partial charge in [-0.05, 0) is 55.4 Å². The molecule has 3 aromatic rings. The summed E-state index contributed by atoms with van der Waals surface area (Å²) >= 11 is 0. The quantitative estimate of drug-likeness (QED) is 0.412. The van der Waals surface area contributed by atoms with Gasteiger partial charge in [0.15, 0.2) is 0 Å². The van der Waals surface area contributed by atoms with Crippen molar-refractivity contribution in [3.63, 3.8) is 0 Å². The summed E-state index contributed by atoms with van der Waals surface area (Å²) in [4.78, 5) is 22.9.